The zero-order valence-corrected chi connectivity index (χ0v) is 38.6. The van der Waals surface area contributed by atoms with Crippen LogP contribution in [0.4, 0.5) is 0 Å². The fourth-order valence-electron chi connectivity index (χ4n) is 11.3. The van der Waals surface area contributed by atoms with E-state index in [1.54, 1.807) is 0 Å². The molecule has 4 nitrogen and oxygen atoms in total. The molecular formula is C66H47N3O. The van der Waals surface area contributed by atoms with Crippen LogP contribution in [0.25, 0.3) is 111 Å². The van der Waals surface area contributed by atoms with E-state index in [1.165, 1.54) is 93.8 Å². The van der Waals surface area contributed by atoms with Gasteiger partial charge in [0.25, 0.3) is 0 Å². The highest BCUT2D eigenvalue weighted by Gasteiger charge is 2.22. The van der Waals surface area contributed by atoms with Crippen molar-refractivity contribution in [1.82, 2.24) is 13.7 Å². The summed E-state index contributed by atoms with van der Waals surface area (Å²) in [5, 5.41) is 6.28. The number of rotatable bonds is 8. The van der Waals surface area contributed by atoms with E-state index in [0.29, 0.717) is 0 Å². The first-order valence-electron chi connectivity index (χ1n) is 24.5. The summed E-state index contributed by atoms with van der Waals surface area (Å²) < 4.78 is 13.7. The standard InChI is InChI=1S/C66H47N3O/c1-4-14-44(15-5-1)45-24-32-53(33-25-45)70-54-34-30-52(31-35-54)69-65-38-28-48(46-26-36-63-57(40-46)55-20-10-12-22-61(55)67(63)50-16-6-2-7-17-50)42-59(65)60-43-49(29-39-66(60)69)47-27-37-64-58(41-47)56-21-11-13-23-62(56)68(64)51-18-8-3-9-19-51/h1-8,10,12-18,20,22-43H,9,11,19,21H2. The van der Waals surface area contributed by atoms with E-state index in [0.717, 1.165) is 59.6 Å². The molecule has 3 heterocycles. The number of fused-ring (bicyclic) bond motifs is 9. The van der Waals surface area contributed by atoms with Crippen molar-refractivity contribution in [2.24, 2.45) is 0 Å². The minimum Gasteiger partial charge on any atom is -0.457 e. The number of hydrogen-bond acceptors (Lipinski definition) is 1. The smallest absolute Gasteiger partial charge is 0.127 e. The first kappa shape index (κ1) is 40.2. The highest BCUT2D eigenvalue weighted by atomic mass is 16.5. The van der Waals surface area contributed by atoms with Crippen LogP contribution in [0.3, 0.4) is 0 Å². The minimum atomic E-state index is 0.795. The number of benzene rings is 9. The number of allylic oxidation sites excluding steroid dienone is 5. The van der Waals surface area contributed by atoms with Crippen molar-refractivity contribution in [2.75, 3.05) is 0 Å². The van der Waals surface area contributed by atoms with Crippen LogP contribution in [0.15, 0.2) is 231 Å². The first-order chi connectivity index (χ1) is 34.7. The summed E-state index contributed by atoms with van der Waals surface area (Å²) in [6, 6.07) is 74.9. The molecule has 0 fully saturated rings. The van der Waals surface area contributed by atoms with Gasteiger partial charge in [-0.3, -0.25) is 0 Å². The second-order valence-corrected chi connectivity index (χ2v) is 18.7. The quantitative estimate of drug-likeness (QED) is 0.149. The molecule has 4 heteroatoms. The fraction of sp³-hybridized carbons (Fsp3) is 0.0606. The molecule has 0 N–H and O–H groups in total. The number of para-hydroxylation sites is 2. The Balaban J connectivity index is 0.895. The molecule has 332 valence electrons. The maximum Gasteiger partial charge on any atom is 0.127 e. The molecule has 0 spiro atoms. The van der Waals surface area contributed by atoms with Crippen molar-refractivity contribution >= 4 is 66.3 Å². The molecule has 0 atom stereocenters. The third-order valence-electron chi connectivity index (χ3n) is 14.6. The van der Waals surface area contributed by atoms with Gasteiger partial charge >= 0.3 is 0 Å². The highest BCUT2D eigenvalue weighted by Crippen LogP contribution is 2.42. The van der Waals surface area contributed by atoms with E-state index in [2.05, 4.69) is 232 Å². The van der Waals surface area contributed by atoms with Crippen LogP contribution in [0.1, 0.15) is 30.5 Å². The van der Waals surface area contributed by atoms with Crippen molar-refractivity contribution < 1.29 is 4.74 Å². The molecule has 0 saturated carbocycles. The van der Waals surface area contributed by atoms with E-state index < -0.39 is 0 Å². The molecular weight excluding hydrogens is 851 g/mol. The molecule has 3 aromatic heterocycles. The van der Waals surface area contributed by atoms with E-state index in [1.807, 2.05) is 18.2 Å². The van der Waals surface area contributed by atoms with Gasteiger partial charge in [0.15, 0.2) is 0 Å². The number of aryl methyl sites for hydroxylation is 1. The minimum absolute atomic E-state index is 0.795. The van der Waals surface area contributed by atoms with E-state index in [9.17, 15) is 0 Å². The van der Waals surface area contributed by atoms with Crippen molar-refractivity contribution in [3.63, 3.8) is 0 Å². The number of aromatic nitrogens is 3. The molecule has 0 bridgehead atoms. The maximum atomic E-state index is 6.41. The summed E-state index contributed by atoms with van der Waals surface area (Å²) in [6.45, 7) is 0. The van der Waals surface area contributed by atoms with Gasteiger partial charge in [-0.2, -0.15) is 0 Å². The number of ether oxygens (including phenoxy) is 1. The lowest BCUT2D eigenvalue weighted by Gasteiger charge is -2.16. The Labute approximate surface area is 406 Å². The van der Waals surface area contributed by atoms with Gasteiger partial charge in [-0.1, -0.05) is 121 Å². The van der Waals surface area contributed by atoms with E-state index in [-0.39, 0.29) is 0 Å². The Hall–Kier alpha value is -8.86. The highest BCUT2D eigenvalue weighted by molar-refractivity contribution is 6.13. The second-order valence-electron chi connectivity index (χ2n) is 18.7. The Morgan fingerprint density at radius 2 is 0.814 bits per heavy atom. The zero-order valence-electron chi connectivity index (χ0n) is 38.6. The molecule has 14 rings (SSSR count). The summed E-state index contributed by atoms with van der Waals surface area (Å²) >= 11 is 0. The van der Waals surface area contributed by atoms with Crippen LogP contribution < -0.4 is 4.74 Å². The Kier molecular flexibility index (Phi) is 9.44. The second kappa shape index (κ2) is 16.4. The number of nitrogens with zero attached hydrogens (tertiary/aromatic N) is 3. The average molecular weight is 898 g/mol. The van der Waals surface area contributed by atoms with Gasteiger partial charge in [0.05, 0.1) is 27.6 Å². The third-order valence-corrected chi connectivity index (χ3v) is 14.6. The van der Waals surface area contributed by atoms with Gasteiger partial charge in [0.2, 0.25) is 0 Å². The molecule has 0 amide bonds. The Morgan fingerprint density at radius 3 is 1.43 bits per heavy atom. The molecule has 9 aromatic carbocycles. The lowest BCUT2D eigenvalue weighted by Crippen LogP contribution is -2.03. The van der Waals surface area contributed by atoms with Gasteiger partial charge in [-0.15, -0.1) is 0 Å². The largest absolute Gasteiger partial charge is 0.457 e. The van der Waals surface area contributed by atoms with Crippen LogP contribution >= 0.6 is 0 Å². The molecule has 0 saturated heterocycles. The molecule has 2 aliphatic rings. The molecule has 2 aliphatic carbocycles. The lowest BCUT2D eigenvalue weighted by molar-refractivity contribution is 0.482. The number of hydrogen-bond donors (Lipinski definition) is 0. The Bertz CT molecular complexity index is 4100. The predicted molar refractivity (Wildman–Crippen MR) is 293 cm³/mol. The SMILES string of the molecule is C1=CCCC(n2c3c(c4cc(-c5ccc6c(c5)c5cc(-c7ccc8c(c7)c7ccccc7n8-c7ccccc7)ccc5n6-c5ccc(Oc6ccc(-c7ccccc7)cc6)cc5)ccc42)CCC=C3)=C1. The van der Waals surface area contributed by atoms with Crippen molar-refractivity contribution in [3.8, 4) is 56.3 Å². The summed E-state index contributed by atoms with van der Waals surface area (Å²) in [4.78, 5) is 0. The molecule has 12 aromatic rings. The lowest BCUT2D eigenvalue weighted by atomic mass is 9.96. The maximum absolute atomic E-state index is 6.41. The van der Waals surface area contributed by atoms with Crippen LogP contribution in [-0.2, 0) is 6.42 Å². The summed E-state index contributed by atoms with van der Waals surface area (Å²) in [5.74, 6) is 1.60. The molecule has 0 aliphatic heterocycles. The Morgan fingerprint density at radius 1 is 0.343 bits per heavy atom. The zero-order chi connectivity index (χ0) is 46.1. The predicted octanol–water partition coefficient (Wildman–Crippen LogP) is 17.8. The summed E-state index contributed by atoms with van der Waals surface area (Å²) in [5.41, 5.74) is 19.6. The molecule has 70 heavy (non-hydrogen) atoms. The monoisotopic (exact) mass is 897 g/mol. The normalized spacial score (nSPS) is 13.5. The topological polar surface area (TPSA) is 24.0 Å². The van der Waals surface area contributed by atoms with Crippen LogP contribution in [0.5, 0.6) is 11.5 Å². The van der Waals surface area contributed by atoms with Crippen LogP contribution in [-0.4, -0.2) is 13.7 Å². The molecule has 0 unspecified atom stereocenters. The average Bonchev–Trinajstić information content (AvgIpc) is 4.07. The van der Waals surface area contributed by atoms with E-state index >= 15 is 0 Å². The van der Waals surface area contributed by atoms with Crippen molar-refractivity contribution in [3.05, 3.63) is 242 Å². The van der Waals surface area contributed by atoms with Gasteiger partial charge in [-0.25, -0.2) is 0 Å². The van der Waals surface area contributed by atoms with Crippen LogP contribution in [0.2, 0.25) is 0 Å². The third kappa shape index (κ3) is 6.67. The van der Waals surface area contributed by atoms with Gasteiger partial charge < -0.3 is 18.4 Å². The first-order valence-corrected chi connectivity index (χ1v) is 24.5. The van der Waals surface area contributed by atoms with Gasteiger partial charge in [0.1, 0.15) is 11.5 Å². The summed E-state index contributed by atoms with van der Waals surface area (Å²) in [6.07, 6.45) is 15.7. The summed E-state index contributed by atoms with van der Waals surface area (Å²) in [7, 11) is 0. The fourth-order valence-corrected chi connectivity index (χ4v) is 11.3. The van der Waals surface area contributed by atoms with Gasteiger partial charge in [-0.05, 0) is 180 Å². The van der Waals surface area contributed by atoms with E-state index in [4.69, 9.17) is 4.74 Å². The molecule has 0 radical (unpaired) electrons. The van der Waals surface area contributed by atoms with Gasteiger partial charge in [0, 0.05) is 49.7 Å². The van der Waals surface area contributed by atoms with Crippen molar-refractivity contribution in [1.29, 1.82) is 0 Å². The van der Waals surface area contributed by atoms with Crippen LogP contribution in [0, 0.1) is 0 Å². The van der Waals surface area contributed by atoms with Crippen molar-refractivity contribution in [2.45, 2.75) is 25.7 Å².